The summed E-state index contributed by atoms with van der Waals surface area (Å²) in [6, 6.07) is 0. The number of pyridine rings is 1. The van der Waals surface area contributed by atoms with Crippen LogP contribution in [-0.4, -0.2) is 38.2 Å². The molecule has 1 aliphatic heterocycles. The number of aromatic amines is 1. The molecule has 1 amide bonds. The first-order valence-corrected chi connectivity index (χ1v) is 12.2. The fraction of sp³-hybridized carbons (Fsp3) is 0.400. The molecule has 0 saturated heterocycles. The Balaban J connectivity index is 1.62. The second-order valence-corrected chi connectivity index (χ2v) is 9.55. The molecule has 0 aromatic carbocycles. The van der Waals surface area contributed by atoms with Gasteiger partial charge in [0, 0.05) is 41.9 Å². The molecule has 0 unspecified atom stereocenters. The number of Topliss-reactive ketones (excluding diaryl/α,β-unsaturated/α-hetero) is 1. The first-order valence-electron chi connectivity index (χ1n) is 11.9. The van der Waals surface area contributed by atoms with Crippen molar-refractivity contribution in [3.05, 3.63) is 50.9 Å². The van der Waals surface area contributed by atoms with Crippen molar-refractivity contribution in [1.29, 1.82) is 0 Å². The molecular formula is C25H26ClFN6O2. The van der Waals surface area contributed by atoms with E-state index in [1.807, 2.05) is 20.8 Å². The van der Waals surface area contributed by atoms with Crippen molar-refractivity contribution in [2.45, 2.75) is 52.9 Å². The number of ketones is 1. The van der Waals surface area contributed by atoms with Gasteiger partial charge in [-0.25, -0.2) is 14.4 Å². The SMILES string of the molecule is CCCc1[nH]c2c(c1C(=O)C(C)C)CCc1cnc(Nc3nc(Cl)nc4c3C(=O)NCC4)c(F)c1-2. The van der Waals surface area contributed by atoms with Crippen LogP contribution in [0.3, 0.4) is 0 Å². The zero-order chi connectivity index (χ0) is 24.9. The minimum absolute atomic E-state index is 0.0352. The van der Waals surface area contributed by atoms with Crippen LogP contribution in [0.25, 0.3) is 11.3 Å². The van der Waals surface area contributed by atoms with Gasteiger partial charge in [-0.1, -0.05) is 27.2 Å². The number of halogens is 2. The number of rotatable bonds is 6. The molecule has 0 radical (unpaired) electrons. The number of aromatic nitrogens is 4. The highest BCUT2D eigenvalue weighted by atomic mass is 35.5. The molecule has 5 rings (SSSR count). The molecule has 0 fully saturated rings. The van der Waals surface area contributed by atoms with Crippen molar-refractivity contribution < 1.29 is 14.0 Å². The maximum absolute atomic E-state index is 16.0. The molecule has 0 spiro atoms. The number of nitrogens with zero attached hydrogens (tertiary/aromatic N) is 3. The van der Waals surface area contributed by atoms with E-state index >= 15 is 4.39 Å². The third kappa shape index (κ3) is 3.97. The van der Waals surface area contributed by atoms with E-state index < -0.39 is 5.82 Å². The summed E-state index contributed by atoms with van der Waals surface area (Å²) in [5.41, 5.74) is 4.91. The van der Waals surface area contributed by atoms with Gasteiger partial charge in [-0.3, -0.25) is 9.59 Å². The monoisotopic (exact) mass is 496 g/mol. The number of carbonyl (C=O) groups excluding carboxylic acids is 2. The Bertz CT molecular complexity index is 1370. The minimum atomic E-state index is -0.573. The molecule has 182 valence electrons. The molecule has 0 saturated carbocycles. The number of carbonyl (C=O) groups is 2. The Labute approximate surface area is 207 Å². The topological polar surface area (TPSA) is 113 Å². The van der Waals surface area contributed by atoms with Gasteiger partial charge in [-0.15, -0.1) is 0 Å². The van der Waals surface area contributed by atoms with Crippen molar-refractivity contribution in [3.8, 4) is 11.3 Å². The zero-order valence-electron chi connectivity index (χ0n) is 19.8. The summed E-state index contributed by atoms with van der Waals surface area (Å²) in [4.78, 5) is 41.5. The fourth-order valence-corrected chi connectivity index (χ4v) is 5.08. The van der Waals surface area contributed by atoms with E-state index in [1.165, 1.54) is 0 Å². The number of nitrogens with one attached hydrogen (secondary N) is 3. The lowest BCUT2D eigenvalue weighted by molar-refractivity contribution is 0.0932. The van der Waals surface area contributed by atoms with Crippen LogP contribution in [-0.2, 0) is 25.7 Å². The van der Waals surface area contributed by atoms with Crippen LogP contribution in [0.1, 0.15) is 70.4 Å². The molecule has 3 aromatic rings. The highest BCUT2D eigenvalue weighted by Crippen LogP contribution is 2.41. The zero-order valence-corrected chi connectivity index (χ0v) is 20.6. The van der Waals surface area contributed by atoms with Gasteiger partial charge in [-0.2, -0.15) is 4.98 Å². The van der Waals surface area contributed by atoms with E-state index in [4.69, 9.17) is 11.6 Å². The van der Waals surface area contributed by atoms with Crippen LogP contribution in [0.15, 0.2) is 6.20 Å². The Hall–Kier alpha value is -3.33. The lowest BCUT2D eigenvalue weighted by Crippen LogP contribution is -2.33. The fourth-order valence-electron chi connectivity index (χ4n) is 4.89. The number of amides is 1. The van der Waals surface area contributed by atoms with Crippen molar-refractivity contribution in [2.75, 3.05) is 11.9 Å². The van der Waals surface area contributed by atoms with E-state index in [0.717, 1.165) is 23.2 Å². The summed E-state index contributed by atoms with van der Waals surface area (Å²) in [6.07, 6.45) is 4.90. The van der Waals surface area contributed by atoms with Crippen LogP contribution in [0.2, 0.25) is 5.28 Å². The minimum Gasteiger partial charge on any atom is -0.357 e. The molecule has 3 aromatic heterocycles. The maximum atomic E-state index is 16.0. The van der Waals surface area contributed by atoms with Crippen molar-refractivity contribution in [3.63, 3.8) is 0 Å². The molecule has 2 aliphatic rings. The number of anilines is 2. The first kappa shape index (κ1) is 23.4. The average Bonchev–Trinajstić information content (AvgIpc) is 3.18. The van der Waals surface area contributed by atoms with E-state index in [1.54, 1.807) is 6.20 Å². The predicted molar refractivity (Wildman–Crippen MR) is 131 cm³/mol. The van der Waals surface area contributed by atoms with E-state index in [-0.39, 0.29) is 40.1 Å². The van der Waals surface area contributed by atoms with Gasteiger partial charge in [0.25, 0.3) is 5.91 Å². The normalized spacial score (nSPS) is 14.3. The molecule has 1 aliphatic carbocycles. The Morgan fingerprint density at radius 3 is 2.74 bits per heavy atom. The molecule has 4 heterocycles. The van der Waals surface area contributed by atoms with Crippen molar-refractivity contribution in [1.82, 2.24) is 25.3 Å². The van der Waals surface area contributed by atoms with Gasteiger partial charge in [0.15, 0.2) is 17.4 Å². The van der Waals surface area contributed by atoms with E-state index in [9.17, 15) is 9.59 Å². The van der Waals surface area contributed by atoms with Crippen LogP contribution in [0.5, 0.6) is 0 Å². The molecule has 0 atom stereocenters. The lowest BCUT2D eigenvalue weighted by Gasteiger charge is -2.21. The number of hydrogen-bond donors (Lipinski definition) is 3. The smallest absolute Gasteiger partial charge is 0.256 e. The summed E-state index contributed by atoms with van der Waals surface area (Å²) in [7, 11) is 0. The third-order valence-corrected chi connectivity index (χ3v) is 6.68. The van der Waals surface area contributed by atoms with Crippen LogP contribution in [0.4, 0.5) is 16.0 Å². The molecule has 35 heavy (non-hydrogen) atoms. The second kappa shape index (κ2) is 9.03. The lowest BCUT2D eigenvalue weighted by atomic mass is 9.86. The first-order chi connectivity index (χ1) is 16.8. The Morgan fingerprint density at radius 1 is 1.20 bits per heavy atom. The summed E-state index contributed by atoms with van der Waals surface area (Å²) in [5, 5.41) is 5.59. The highest BCUT2D eigenvalue weighted by molar-refractivity contribution is 6.28. The second-order valence-electron chi connectivity index (χ2n) is 9.22. The van der Waals surface area contributed by atoms with Gasteiger partial charge in [-0.05, 0) is 42.0 Å². The van der Waals surface area contributed by atoms with E-state index in [2.05, 4.69) is 30.6 Å². The number of hydrogen-bond acceptors (Lipinski definition) is 6. The largest absolute Gasteiger partial charge is 0.357 e. The average molecular weight is 497 g/mol. The number of H-pyrrole nitrogens is 1. The van der Waals surface area contributed by atoms with Crippen LogP contribution >= 0.6 is 11.6 Å². The molecule has 0 bridgehead atoms. The summed E-state index contributed by atoms with van der Waals surface area (Å²) < 4.78 is 16.0. The molecule has 3 N–H and O–H groups in total. The standard InChI is InChI=1S/C25H26ClFN6O2/c1-4-5-14-17(21(34)11(2)3)13-7-6-12-10-29-23(19(27)16(12)20(13)30-14)32-22-18-15(31-25(26)33-22)8-9-28-24(18)35/h10-11,30H,4-9H2,1-3H3,(H,28,35)(H,29,31,32,33). The summed E-state index contributed by atoms with van der Waals surface area (Å²) in [5.74, 6) is -0.988. The number of aryl methyl sites for hydroxylation is 2. The highest BCUT2D eigenvalue weighted by Gasteiger charge is 2.32. The summed E-state index contributed by atoms with van der Waals surface area (Å²) >= 11 is 6.08. The quantitative estimate of drug-likeness (QED) is 0.340. The maximum Gasteiger partial charge on any atom is 0.256 e. The van der Waals surface area contributed by atoms with Gasteiger partial charge >= 0.3 is 0 Å². The molecular weight excluding hydrogens is 471 g/mol. The van der Waals surface area contributed by atoms with E-state index in [0.29, 0.717) is 54.7 Å². The van der Waals surface area contributed by atoms with Gasteiger partial charge < -0.3 is 15.6 Å². The Kier molecular flexibility index (Phi) is 6.04. The summed E-state index contributed by atoms with van der Waals surface area (Å²) in [6.45, 7) is 6.25. The van der Waals surface area contributed by atoms with Crippen molar-refractivity contribution in [2.24, 2.45) is 5.92 Å². The predicted octanol–water partition coefficient (Wildman–Crippen LogP) is 4.58. The van der Waals surface area contributed by atoms with Gasteiger partial charge in [0.1, 0.15) is 11.4 Å². The number of fused-ring (bicyclic) bond motifs is 4. The van der Waals surface area contributed by atoms with Crippen LogP contribution < -0.4 is 10.6 Å². The van der Waals surface area contributed by atoms with Crippen LogP contribution in [0, 0.1) is 11.7 Å². The molecule has 10 heteroatoms. The van der Waals surface area contributed by atoms with Crippen molar-refractivity contribution >= 4 is 34.9 Å². The third-order valence-electron chi connectivity index (χ3n) is 6.51. The van der Waals surface area contributed by atoms with Gasteiger partial charge in [0.2, 0.25) is 5.28 Å². The Morgan fingerprint density at radius 2 is 2.00 bits per heavy atom. The molecule has 8 nitrogen and oxygen atoms in total. The van der Waals surface area contributed by atoms with Gasteiger partial charge in [0.05, 0.1) is 11.4 Å².